The Balaban J connectivity index is 2.44. The van der Waals surface area contributed by atoms with E-state index in [0.717, 1.165) is 70.6 Å². The van der Waals surface area contributed by atoms with Crippen LogP contribution in [-0.4, -0.2) is 87.5 Å². The van der Waals surface area contributed by atoms with Crippen LogP contribution in [0.1, 0.15) is 155 Å². The van der Waals surface area contributed by atoms with Gasteiger partial charge in [-0.2, -0.15) is 0 Å². The summed E-state index contributed by atoms with van der Waals surface area (Å²) in [5.41, 5.74) is 0. The van der Waals surface area contributed by atoms with Crippen LogP contribution in [0.15, 0.2) is 60.8 Å². The van der Waals surface area contributed by atoms with Gasteiger partial charge in [0, 0.05) is 6.42 Å². The maximum absolute atomic E-state index is 12.9. The minimum absolute atomic E-state index is 0.204. The van der Waals surface area contributed by atoms with E-state index in [1.165, 1.54) is 64.2 Å². The number of hydrogen-bond acceptors (Lipinski definition) is 8. The molecule has 1 aliphatic heterocycles. The molecule has 9 nitrogen and oxygen atoms in total. The van der Waals surface area contributed by atoms with Crippen LogP contribution >= 0.6 is 0 Å². The van der Waals surface area contributed by atoms with Crippen molar-refractivity contribution in [1.29, 1.82) is 0 Å². The topological polar surface area (TPSA) is 149 Å². The number of amides is 1. The average molecular weight is 748 g/mol. The average Bonchev–Trinajstić information content (AvgIpc) is 3.16. The first-order chi connectivity index (χ1) is 25.8. The van der Waals surface area contributed by atoms with Gasteiger partial charge in [0.05, 0.1) is 25.4 Å². The normalized spacial score (nSPS) is 22.3. The Morgan fingerprint density at radius 2 is 1.13 bits per heavy atom. The lowest BCUT2D eigenvalue weighted by Gasteiger charge is -2.40. The fourth-order valence-corrected chi connectivity index (χ4v) is 6.10. The molecule has 0 aromatic rings. The Kier molecular flexibility index (Phi) is 31.7. The summed E-state index contributed by atoms with van der Waals surface area (Å²) >= 11 is 0. The summed E-state index contributed by atoms with van der Waals surface area (Å²) in [4.78, 5) is 12.9. The number of allylic oxidation sites excluding steroid dienone is 9. The SMILES string of the molecule is CCCCC/C=C\C/C=C\CCCCCCCCCC(=O)NC(COC1OC(CO)C(O)C(O)C1O)C(O)/C=C/CC/C=C/CC/C=C/CCCCC. The van der Waals surface area contributed by atoms with Gasteiger partial charge in [-0.1, -0.05) is 132 Å². The number of ether oxygens (including phenoxy) is 2. The lowest BCUT2D eigenvalue weighted by Crippen LogP contribution is -2.60. The molecule has 1 saturated heterocycles. The molecule has 306 valence electrons. The Bertz CT molecular complexity index is 1010. The van der Waals surface area contributed by atoms with Crippen molar-refractivity contribution in [3.8, 4) is 0 Å². The highest BCUT2D eigenvalue weighted by atomic mass is 16.7. The van der Waals surface area contributed by atoms with Gasteiger partial charge in [-0.25, -0.2) is 0 Å². The molecule has 0 spiro atoms. The van der Waals surface area contributed by atoms with E-state index in [2.05, 4.69) is 67.8 Å². The van der Waals surface area contributed by atoms with Gasteiger partial charge in [-0.3, -0.25) is 4.79 Å². The predicted octanol–water partition coefficient (Wildman–Crippen LogP) is 8.05. The third-order valence-electron chi connectivity index (χ3n) is 9.54. The van der Waals surface area contributed by atoms with E-state index in [4.69, 9.17) is 9.47 Å². The maximum atomic E-state index is 12.9. The van der Waals surface area contributed by atoms with E-state index < -0.39 is 49.5 Å². The zero-order valence-electron chi connectivity index (χ0n) is 33.2. The number of nitrogens with one attached hydrogen (secondary N) is 1. The van der Waals surface area contributed by atoms with Gasteiger partial charge >= 0.3 is 0 Å². The molecule has 53 heavy (non-hydrogen) atoms. The molecule has 1 amide bonds. The van der Waals surface area contributed by atoms with E-state index >= 15 is 0 Å². The second-order valence-electron chi connectivity index (χ2n) is 14.4. The lowest BCUT2D eigenvalue weighted by atomic mass is 9.99. The molecule has 7 atom stereocenters. The molecular weight excluding hydrogens is 670 g/mol. The first-order valence-corrected chi connectivity index (χ1v) is 21.0. The van der Waals surface area contributed by atoms with Crippen molar-refractivity contribution in [3.63, 3.8) is 0 Å². The van der Waals surface area contributed by atoms with Gasteiger partial charge in [-0.15, -0.1) is 0 Å². The summed E-state index contributed by atoms with van der Waals surface area (Å²) in [7, 11) is 0. The maximum Gasteiger partial charge on any atom is 0.220 e. The number of hydrogen-bond donors (Lipinski definition) is 6. The zero-order chi connectivity index (χ0) is 38.8. The summed E-state index contributed by atoms with van der Waals surface area (Å²) in [6.45, 7) is 3.66. The molecule has 0 radical (unpaired) electrons. The minimum Gasteiger partial charge on any atom is -0.394 e. The number of aliphatic hydroxyl groups is 5. The molecule has 0 aromatic heterocycles. The molecule has 0 aromatic carbocycles. The largest absolute Gasteiger partial charge is 0.394 e. The molecule has 0 saturated carbocycles. The number of aliphatic hydroxyl groups excluding tert-OH is 5. The standard InChI is InChI=1S/C44H77NO8/c1-3-5-7-9-11-13-15-17-18-19-20-22-24-26-28-30-32-34-40(48)45-37(36-52-44-43(51)42(50)41(49)39(35-46)53-44)38(47)33-31-29-27-25-23-21-16-14-12-10-8-6-4-2/h11-14,17-18,23,25,31,33,37-39,41-44,46-47,49-51H,3-10,15-16,19-22,24,26-30,32,34-36H2,1-2H3,(H,45,48)/b13-11-,14-12+,18-17-,25-23+,33-31+. The van der Waals surface area contributed by atoms with Crippen LogP contribution in [0, 0.1) is 0 Å². The van der Waals surface area contributed by atoms with Crippen molar-refractivity contribution in [3.05, 3.63) is 60.8 Å². The summed E-state index contributed by atoms with van der Waals surface area (Å²) < 4.78 is 11.2. The predicted molar refractivity (Wildman–Crippen MR) is 216 cm³/mol. The fourth-order valence-electron chi connectivity index (χ4n) is 6.10. The molecule has 1 aliphatic rings. The molecule has 9 heteroatoms. The summed E-state index contributed by atoms with van der Waals surface area (Å²) in [6.07, 6.45) is 36.8. The van der Waals surface area contributed by atoms with Crippen LogP contribution in [0.25, 0.3) is 0 Å². The van der Waals surface area contributed by atoms with Crippen molar-refractivity contribution in [2.75, 3.05) is 13.2 Å². The van der Waals surface area contributed by atoms with Gasteiger partial charge < -0.3 is 40.3 Å². The highest BCUT2D eigenvalue weighted by Gasteiger charge is 2.44. The van der Waals surface area contributed by atoms with Crippen LogP contribution in [-0.2, 0) is 14.3 Å². The number of carbonyl (C=O) groups excluding carboxylic acids is 1. The number of rotatable bonds is 33. The molecule has 7 unspecified atom stereocenters. The van der Waals surface area contributed by atoms with Crippen LogP contribution in [0.4, 0.5) is 0 Å². The van der Waals surface area contributed by atoms with Crippen LogP contribution < -0.4 is 5.32 Å². The second-order valence-corrected chi connectivity index (χ2v) is 14.4. The Labute approximate surface area is 322 Å². The lowest BCUT2D eigenvalue weighted by molar-refractivity contribution is -0.302. The van der Waals surface area contributed by atoms with Crippen LogP contribution in [0.3, 0.4) is 0 Å². The fraction of sp³-hybridized carbons (Fsp3) is 0.750. The molecule has 1 heterocycles. The van der Waals surface area contributed by atoms with E-state index in [-0.39, 0.29) is 12.5 Å². The summed E-state index contributed by atoms with van der Waals surface area (Å²) in [5, 5.41) is 54.0. The first-order valence-electron chi connectivity index (χ1n) is 21.0. The van der Waals surface area contributed by atoms with Crippen molar-refractivity contribution >= 4 is 5.91 Å². The molecule has 1 rings (SSSR count). The zero-order valence-corrected chi connectivity index (χ0v) is 33.2. The third kappa shape index (κ3) is 25.6. The Hall–Kier alpha value is -2.11. The van der Waals surface area contributed by atoms with Crippen molar-refractivity contribution in [2.45, 2.75) is 198 Å². The van der Waals surface area contributed by atoms with Gasteiger partial charge in [0.1, 0.15) is 24.4 Å². The van der Waals surface area contributed by atoms with Gasteiger partial charge in [0.25, 0.3) is 0 Å². The molecule has 0 aliphatic carbocycles. The third-order valence-corrected chi connectivity index (χ3v) is 9.54. The second kappa shape index (κ2) is 34.4. The summed E-state index contributed by atoms with van der Waals surface area (Å²) in [5.74, 6) is -0.204. The van der Waals surface area contributed by atoms with Crippen molar-refractivity contribution in [2.24, 2.45) is 0 Å². The van der Waals surface area contributed by atoms with Gasteiger partial charge in [0.2, 0.25) is 5.91 Å². The quantitative estimate of drug-likeness (QED) is 0.0292. The first kappa shape index (κ1) is 48.9. The van der Waals surface area contributed by atoms with Crippen molar-refractivity contribution < 1.29 is 39.8 Å². The molecule has 6 N–H and O–H groups in total. The highest BCUT2D eigenvalue weighted by molar-refractivity contribution is 5.76. The van der Waals surface area contributed by atoms with Crippen LogP contribution in [0.5, 0.6) is 0 Å². The van der Waals surface area contributed by atoms with E-state index in [9.17, 15) is 30.3 Å². The summed E-state index contributed by atoms with van der Waals surface area (Å²) in [6, 6.07) is -0.832. The van der Waals surface area contributed by atoms with E-state index in [1.54, 1.807) is 6.08 Å². The van der Waals surface area contributed by atoms with Crippen molar-refractivity contribution in [1.82, 2.24) is 5.32 Å². The van der Waals surface area contributed by atoms with Gasteiger partial charge in [-0.05, 0) is 77.0 Å². The monoisotopic (exact) mass is 748 g/mol. The molecule has 0 bridgehead atoms. The smallest absolute Gasteiger partial charge is 0.220 e. The van der Waals surface area contributed by atoms with E-state index in [1.807, 2.05) is 6.08 Å². The Morgan fingerprint density at radius 3 is 1.70 bits per heavy atom. The molecular formula is C44H77NO8. The number of unbranched alkanes of at least 4 members (excludes halogenated alkanes) is 15. The number of carbonyl (C=O) groups is 1. The minimum atomic E-state index is -1.58. The Morgan fingerprint density at radius 1 is 0.642 bits per heavy atom. The van der Waals surface area contributed by atoms with Gasteiger partial charge in [0.15, 0.2) is 6.29 Å². The molecule has 1 fully saturated rings. The van der Waals surface area contributed by atoms with E-state index in [0.29, 0.717) is 6.42 Å². The highest BCUT2D eigenvalue weighted by Crippen LogP contribution is 2.22. The van der Waals surface area contributed by atoms with Crippen LogP contribution in [0.2, 0.25) is 0 Å².